The molecular formula is C11H14ClNO5. The second-order valence-electron chi connectivity index (χ2n) is 3.39. The van der Waals surface area contributed by atoms with Crippen LogP contribution in [-0.2, 0) is 9.53 Å². The number of esters is 1. The van der Waals surface area contributed by atoms with E-state index in [-0.39, 0.29) is 23.1 Å². The Kier molecular flexibility index (Phi) is 5.33. The number of rotatable bonds is 5. The predicted molar refractivity (Wildman–Crippen MR) is 63.4 cm³/mol. The summed E-state index contributed by atoms with van der Waals surface area (Å²) in [6.45, 7) is 1.70. The van der Waals surface area contributed by atoms with Crippen LogP contribution in [0.25, 0.3) is 0 Å². The van der Waals surface area contributed by atoms with Crippen LogP contribution in [0.1, 0.15) is 18.6 Å². The minimum absolute atomic E-state index is 0.0789. The van der Waals surface area contributed by atoms with Crippen LogP contribution in [0.5, 0.6) is 5.88 Å². The molecule has 1 rings (SSSR count). The van der Waals surface area contributed by atoms with E-state index in [1.807, 2.05) is 0 Å². The highest BCUT2D eigenvalue weighted by molar-refractivity contribution is 6.30. The summed E-state index contributed by atoms with van der Waals surface area (Å²) in [5, 5.41) is 19.8. The molecule has 1 aromatic rings. The van der Waals surface area contributed by atoms with Crippen molar-refractivity contribution in [2.45, 2.75) is 19.1 Å². The van der Waals surface area contributed by atoms with Crippen LogP contribution < -0.4 is 4.74 Å². The summed E-state index contributed by atoms with van der Waals surface area (Å²) in [5.74, 6) is -0.845. The molecule has 0 radical (unpaired) electrons. The molecule has 2 unspecified atom stereocenters. The number of aliphatic hydroxyl groups excluding tert-OH is 2. The van der Waals surface area contributed by atoms with Crippen LogP contribution in [0.15, 0.2) is 12.3 Å². The second kappa shape index (κ2) is 6.53. The van der Waals surface area contributed by atoms with Crippen molar-refractivity contribution < 1.29 is 24.5 Å². The lowest BCUT2D eigenvalue weighted by Crippen LogP contribution is -2.30. The third-order valence-electron chi connectivity index (χ3n) is 2.18. The summed E-state index contributed by atoms with van der Waals surface area (Å²) < 4.78 is 9.53. The van der Waals surface area contributed by atoms with Crippen LogP contribution in [0.3, 0.4) is 0 Å². The van der Waals surface area contributed by atoms with E-state index in [0.717, 1.165) is 0 Å². The Morgan fingerprint density at radius 1 is 1.56 bits per heavy atom. The van der Waals surface area contributed by atoms with Gasteiger partial charge in [0.1, 0.15) is 6.10 Å². The van der Waals surface area contributed by atoms with Gasteiger partial charge >= 0.3 is 5.97 Å². The number of hydrogen-bond donors (Lipinski definition) is 2. The maximum atomic E-state index is 11.3. The Morgan fingerprint density at radius 2 is 2.22 bits per heavy atom. The topological polar surface area (TPSA) is 88.9 Å². The molecule has 2 N–H and O–H groups in total. The second-order valence-corrected chi connectivity index (χ2v) is 3.83. The summed E-state index contributed by atoms with van der Waals surface area (Å²) in [6.07, 6.45) is -1.92. The van der Waals surface area contributed by atoms with E-state index in [1.54, 1.807) is 6.92 Å². The molecule has 6 nitrogen and oxygen atoms in total. The quantitative estimate of drug-likeness (QED) is 0.769. The van der Waals surface area contributed by atoms with Gasteiger partial charge in [0.25, 0.3) is 0 Å². The number of halogens is 1. The van der Waals surface area contributed by atoms with Gasteiger partial charge in [-0.1, -0.05) is 11.6 Å². The first kappa shape index (κ1) is 14.7. The van der Waals surface area contributed by atoms with Gasteiger partial charge in [-0.2, -0.15) is 0 Å². The molecule has 2 atom stereocenters. The molecule has 0 spiro atoms. The zero-order valence-corrected chi connectivity index (χ0v) is 10.7. The van der Waals surface area contributed by atoms with Crippen molar-refractivity contribution in [2.24, 2.45) is 0 Å². The first-order valence-electron chi connectivity index (χ1n) is 5.23. The fraction of sp³-hybridized carbons (Fsp3) is 0.455. The first-order valence-corrected chi connectivity index (χ1v) is 5.61. The predicted octanol–water partition coefficient (Wildman–Crippen LogP) is 0.701. The summed E-state index contributed by atoms with van der Waals surface area (Å²) in [6, 6.07) is 1.36. The molecule has 0 saturated carbocycles. The Morgan fingerprint density at radius 3 is 2.78 bits per heavy atom. The van der Waals surface area contributed by atoms with Gasteiger partial charge in [0.05, 0.1) is 18.7 Å². The summed E-state index contributed by atoms with van der Waals surface area (Å²) in [7, 11) is 1.35. The van der Waals surface area contributed by atoms with Crippen molar-refractivity contribution >= 4 is 17.6 Å². The summed E-state index contributed by atoms with van der Waals surface area (Å²) >= 11 is 5.74. The number of nitrogens with zero attached hydrogens (tertiary/aromatic N) is 1. The van der Waals surface area contributed by atoms with E-state index in [9.17, 15) is 15.0 Å². The van der Waals surface area contributed by atoms with Crippen LogP contribution >= 0.6 is 11.6 Å². The molecule has 1 heterocycles. The van der Waals surface area contributed by atoms with Gasteiger partial charge in [0.2, 0.25) is 5.88 Å². The molecule has 18 heavy (non-hydrogen) atoms. The first-order chi connectivity index (χ1) is 8.51. The number of carbonyl (C=O) groups is 1. The van der Waals surface area contributed by atoms with Crippen molar-refractivity contribution in [3.05, 3.63) is 22.8 Å². The van der Waals surface area contributed by atoms with E-state index < -0.39 is 18.2 Å². The fourth-order valence-corrected chi connectivity index (χ4v) is 1.52. The van der Waals surface area contributed by atoms with E-state index in [4.69, 9.17) is 16.3 Å². The molecule has 0 aromatic carbocycles. The number of aliphatic hydroxyl groups is 2. The Balaban J connectivity index is 2.98. The van der Waals surface area contributed by atoms with Gasteiger partial charge in [0.15, 0.2) is 6.10 Å². The lowest BCUT2D eigenvalue weighted by Gasteiger charge is -2.18. The van der Waals surface area contributed by atoms with Crippen molar-refractivity contribution in [1.82, 2.24) is 4.98 Å². The van der Waals surface area contributed by atoms with E-state index in [0.29, 0.717) is 0 Å². The highest BCUT2D eigenvalue weighted by atomic mass is 35.5. The zero-order valence-electron chi connectivity index (χ0n) is 9.96. The van der Waals surface area contributed by atoms with Crippen molar-refractivity contribution in [3.63, 3.8) is 0 Å². The van der Waals surface area contributed by atoms with Crippen LogP contribution in [-0.4, -0.2) is 41.0 Å². The van der Waals surface area contributed by atoms with Gasteiger partial charge < -0.3 is 19.7 Å². The molecule has 0 amide bonds. The normalized spacial score (nSPS) is 13.8. The van der Waals surface area contributed by atoms with Crippen molar-refractivity contribution in [2.75, 3.05) is 13.7 Å². The Bertz CT molecular complexity index is 426. The smallest absolute Gasteiger partial charge is 0.338 e. The summed E-state index contributed by atoms with van der Waals surface area (Å²) in [5.41, 5.74) is 0.116. The van der Waals surface area contributed by atoms with Gasteiger partial charge in [-0.15, -0.1) is 0 Å². The third-order valence-corrected chi connectivity index (χ3v) is 2.39. The Labute approximate surface area is 109 Å². The highest BCUT2D eigenvalue weighted by Gasteiger charge is 2.29. The molecule has 0 fully saturated rings. The van der Waals surface area contributed by atoms with Gasteiger partial charge in [-0.25, -0.2) is 9.78 Å². The molecule has 1 aromatic heterocycles. The maximum absolute atomic E-state index is 11.3. The number of hydrogen-bond acceptors (Lipinski definition) is 6. The summed E-state index contributed by atoms with van der Waals surface area (Å²) in [4.78, 5) is 15.1. The van der Waals surface area contributed by atoms with Gasteiger partial charge in [-0.3, -0.25) is 0 Å². The van der Waals surface area contributed by atoms with Gasteiger partial charge in [0, 0.05) is 11.8 Å². The highest BCUT2D eigenvalue weighted by Crippen LogP contribution is 2.28. The standard InChI is InChI=1S/C11H14ClNO5/c1-3-18-11(16)9(15)8(14)7-4-6(12)5-13-10(7)17-2/h4-5,8-9,14-15H,3H2,1-2H3. The minimum Gasteiger partial charge on any atom is -0.481 e. The molecular weight excluding hydrogens is 262 g/mol. The SMILES string of the molecule is CCOC(=O)C(O)C(O)c1cc(Cl)cnc1OC. The third kappa shape index (κ3) is 3.32. The van der Waals surface area contributed by atoms with Gasteiger partial charge in [-0.05, 0) is 13.0 Å². The lowest BCUT2D eigenvalue weighted by atomic mass is 10.1. The van der Waals surface area contributed by atoms with E-state index in [2.05, 4.69) is 9.72 Å². The number of pyridine rings is 1. The van der Waals surface area contributed by atoms with Crippen molar-refractivity contribution in [3.8, 4) is 5.88 Å². The molecule has 0 aliphatic heterocycles. The molecule has 0 saturated heterocycles. The van der Waals surface area contributed by atoms with Crippen LogP contribution in [0.4, 0.5) is 0 Å². The number of ether oxygens (including phenoxy) is 2. The molecule has 0 aliphatic rings. The lowest BCUT2D eigenvalue weighted by molar-refractivity contribution is -0.159. The molecule has 0 bridgehead atoms. The zero-order chi connectivity index (χ0) is 13.7. The number of aromatic nitrogens is 1. The average Bonchev–Trinajstić information content (AvgIpc) is 2.37. The molecule has 0 aliphatic carbocycles. The maximum Gasteiger partial charge on any atom is 0.338 e. The number of methoxy groups -OCH3 is 1. The van der Waals surface area contributed by atoms with Crippen LogP contribution in [0, 0.1) is 0 Å². The molecule has 7 heteroatoms. The fourth-order valence-electron chi connectivity index (χ4n) is 1.35. The van der Waals surface area contributed by atoms with Crippen molar-refractivity contribution in [1.29, 1.82) is 0 Å². The van der Waals surface area contributed by atoms with E-state index in [1.165, 1.54) is 19.4 Å². The number of carbonyl (C=O) groups excluding carboxylic acids is 1. The monoisotopic (exact) mass is 275 g/mol. The Hall–Kier alpha value is -1.37. The van der Waals surface area contributed by atoms with E-state index >= 15 is 0 Å². The molecule has 100 valence electrons. The minimum atomic E-state index is -1.72. The average molecular weight is 276 g/mol. The largest absolute Gasteiger partial charge is 0.481 e. The van der Waals surface area contributed by atoms with Crippen LogP contribution in [0.2, 0.25) is 5.02 Å².